The van der Waals surface area contributed by atoms with E-state index in [0.29, 0.717) is 12.1 Å². The summed E-state index contributed by atoms with van der Waals surface area (Å²) in [5.41, 5.74) is 4.16. The maximum atomic E-state index is 12.3. The van der Waals surface area contributed by atoms with Crippen LogP contribution in [0.5, 0.6) is 5.75 Å². The molecule has 25 heavy (non-hydrogen) atoms. The van der Waals surface area contributed by atoms with Gasteiger partial charge < -0.3 is 10.1 Å². The Labute approximate surface area is 150 Å². The van der Waals surface area contributed by atoms with E-state index in [1.165, 1.54) is 5.57 Å². The van der Waals surface area contributed by atoms with Gasteiger partial charge >= 0.3 is 0 Å². The van der Waals surface area contributed by atoms with Gasteiger partial charge in [-0.3, -0.25) is 4.79 Å². The molecule has 0 saturated carbocycles. The number of nitrogens with one attached hydrogen (secondary N) is 1. The second-order valence-corrected chi connectivity index (χ2v) is 7.30. The lowest BCUT2D eigenvalue weighted by Gasteiger charge is -2.14. The summed E-state index contributed by atoms with van der Waals surface area (Å²) in [5, 5.41) is 2.94. The number of hydrogen-bond acceptors (Lipinski definition) is 2. The lowest BCUT2D eigenvalue weighted by molar-refractivity contribution is 0.0951. The highest BCUT2D eigenvalue weighted by Crippen LogP contribution is 2.23. The number of methoxy groups -OCH3 is 1. The van der Waals surface area contributed by atoms with Crippen LogP contribution in [0.3, 0.4) is 0 Å². The molecule has 0 fully saturated rings. The third-order valence-electron chi connectivity index (χ3n) is 3.84. The van der Waals surface area contributed by atoms with Crippen LogP contribution in [0.4, 0.5) is 0 Å². The first-order chi connectivity index (χ1) is 11.8. The van der Waals surface area contributed by atoms with E-state index in [0.717, 1.165) is 16.9 Å². The van der Waals surface area contributed by atoms with Crippen molar-refractivity contribution in [3.8, 4) is 5.75 Å². The minimum atomic E-state index is -0.0770. The van der Waals surface area contributed by atoms with Gasteiger partial charge in [-0.15, -0.1) is 0 Å². The smallest absolute Gasteiger partial charge is 0.251 e. The van der Waals surface area contributed by atoms with Crippen molar-refractivity contribution in [1.29, 1.82) is 0 Å². The normalized spacial score (nSPS) is 12.0. The third-order valence-corrected chi connectivity index (χ3v) is 3.84. The molecular formula is C22H27NO2. The second-order valence-electron chi connectivity index (χ2n) is 7.30. The molecule has 0 bridgehead atoms. The molecule has 3 nitrogen and oxygen atoms in total. The molecule has 0 aliphatic rings. The number of hydrogen-bond donors (Lipinski definition) is 1. The minimum Gasteiger partial charge on any atom is -0.497 e. The van der Waals surface area contributed by atoms with Gasteiger partial charge in [0.05, 0.1) is 7.11 Å². The maximum absolute atomic E-state index is 12.3. The predicted molar refractivity (Wildman–Crippen MR) is 104 cm³/mol. The van der Waals surface area contributed by atoms with Crippen molar-refractivity contribution in [2.45, 2.75) is 34.2 Å². The Kier molecular flexibility index (Phi) is 6.02. The average Bonchev–Trinajstić information content (AvgIpc) is 2.58. The summed E-state index contributed by atoms with van der Waals surface area (Å²) in [6.07, 6.45) is 2.24. The fourth-order valence-electron chi connectivity index (χ4n) is 2.68. The molecule has 2 aromatic rings. The zero-order valence-electron chi connectivity index (χ0n) is 15.7. The first kappa shape index (κ1) is 18.8. The molecule has 3 heteroatoms. The van der Waals surface area contributed by atoms with Crippen molar-refractivity contribution < 1.29 is 9.53 Å². The molecule has 132 valence electrons. The van der Waals surface area contributed by atoms with E-state index in [9.17, 15) is 4.79 Å². The number of carbonyl (C=O) groups is 1. The first-order valence-electron chi connectivity index (χ1n) is 8.49. The van der Waals surface area contributed by atoms with Crippen molar-refractivity contribution in [2.24, 2.45) is 5.41 Å². The molecule has 0 saturated heterocycles. The van der Waals surface area contributed by atoms with Gasteiger partial charge in [0.2, 0.25) is 0 Å². The fraction of sp³-hybridized carbons (Fsp3) is 0.318. The number of amides is 1. The minimum absolute atomic E-state index is 0.0770. The van der Waals surface area contributed by atoms with Crippen molar-refractivity contribution in [3.63, 3.8) is 0 Å². The lowest BCUT2D eigenvalue weighted by atomic mass is 9.91. The van der Waals surface area contributed by atoms with Crippen molar-refractivity contribution in [1.82, 2.24) is 5.32 Å². The van der Waals surface area contributed by atoms with Crippen LogP contribution in [0.25, 0.3) is 5.57 Å². The van der Waals surface area contributed by atoms with Gasteiger partial charge in [-0.1, -0.05) is 51.1 Å². The zero-order chi connectivity index (χ0) is 18.4. The monoisotopic (exact) mass is 337 g/mol. The Morgan fingerprint density at radius 1 is 1.08 bits per heavy atom. The fourth-order valence-corrected chi connectivity index (χ4v) is 2.68. The van der Waals surface area contributed by atoms with Crippen LogP contribution in [0.2, 0.25) is 0 Å². The van der Waals surface area contributed by atoms with Crippen molar-refractivity contribution in [2.75, 3.05) is 7.11 Å². The molecule has 2 rings (SSSR count). The van der Waals surface area contributed by atoms with Gasteiger partial charge in [0.1, 0.15) is 5.75 Å². The summed E-state index contributed by atoms with van der Waals surface area (Å²) < 4.78 is 5.20. The summed E-state index contributed by atoms with van der Waals surface area (Å²) >= 11 is 0. The average molecular weight is 337 g/mol. The molecule has 2 aromatic carbocycles. The zero-order valence-corrected chi connectivity index (χ0v) is 15.7. The van der Waals surface area contributed by atoms with Gasteiger partial charge in [-0.2, -0.15) is 0 Å². The standard InChI is InChI=1S/C22H27NO2/c1-16(14-22(2,3)4)18-9-11-19(12-10-18)21(24)23-15-17-7-6-8-20(13-17)25-5/h6-14H,15H2,1-5H3,(H,23,24). The van der Waals surface area contributed by atoms with E-state index in [2.05, 4.69) is 39.1 Å². The van der Waals surface area contributed by atoms with Crippen molar-refractivity contribution in [3.05, 3.63) is 71.3 Å². The molecule has 0 aliphatic heterocycles. The summed E-state index contributed by atoms with van der Waals surface area (Å²) in [4.78, 5) is 12.3. The van der Waals surface area contributed by atoms with E-state index in [4.69, 9.17) is 4.74 Å². The van der Waals surface area contributed by atoms with Crippen LogP contribution in [-0.2, 0) is 6.54 Å². The summed E-state index contributed by atoms with van der Waals surface area (Å²) in [6, 6.07) is 15.4. The van der Waals surface area contributed by atoms with Gasteiger partial charge in [0.25, 0.3) is 5.91 Å². The number of ether oxygens (including phenoxy) is 1. The Morgan fingerprint density at radius 2 is 1.72 bits per heavy atom. The summed E-state index contributed by atoms with van der Waals surface area (Å²) in [6.45, 7) is 9.11. The van der Waals surface area contributed by atoms with Gasteiger partial charge in [0, 0.05) is 12.1 Å². The summed E-state index contributed by atoms with van der Waals surface area (Å²) in [5.74, 6) is 0.712. The number of rotatable bonds is 5. The van der Waals surface area contributed by atoms with Crippen LogP contribution in [0.15, 0.2) is 54.6 Å². The van der Waals surface area contributed by atoms with Crippen LogP contribution in [-0.4, -0.2) is 13.0 Å². The molecule has 0 aromatic heterocycles. The Hall–Kier alpha value is -2.55. The number of carbonyl (C=O) groups excluding carboxylic acids is 1. The maximum Gasteiger partial charge on any atom is 0.251 e. The highest BCUT2D eigenvalue weighted by atomic mass is 16.5. The predicted octanol–water partition coefficient (Wildman–Crippen LogP) is 5.07. The van der Waals surface area contributed by atoms with E-state index in [1.54, 1.807) is 7.11 Å². The quantitative estimate of drug-likeness (QED) is 0.827. The van der Waals surface area contributed by atoms with Crippen LogP contribution >= 0.6 is 0 Å². The Bertz CT molecular complexity index is 752. The molecule has 0 unspecified atom stereocenters. The molecule has 0 aliphatic carbocycles. The number of allylic oxidation sites excluding steroid dienone is 2. The molecular weight excluding hydrogens is 310 g/mol. The molecule has 0 heterocycles. The molecule has 0 atom stereocenters. The van der Waals surface area contributed by atoms with Crippen LogP contribution < -0.4 is 10.1 Å². The lowest BCUT2D eigenvalue weighted by Crippen LogP contribution is -2.22. The highest BCUT2D eigenvalue weighted by Gasteiger charge is 2.09. The molecule has 1 amide bonds. The van der Waals surface area contributed by atoms with Gasteiger partial charge in [0.15, 0.2) is 0 Å². The molecule has 1 N–H and O–H groups in total. The highest BCUT2D eigenvalue weighted by molar-refractivity contribution is 5.94. The summed E-state index contributed by atoms with van der Waals surface area (Å²) in [7, 11) is 1.63. The SMILES string of the molecule is COc1cccc(CNC(=O)c2ccc(C(C)=CC(C)(C)C)cc2)c1. The molecule has 0 spiro atoms. The first-order valence-corrected chi connectivity index (χ1v) is 8.49. The van der Waals surface area contributed by atoms with E-state index >= 15 is 0 Å². The Morgan fingerprint density at radius 3 is 2.32 bits per heavy atom. The van der Waals surface area contributed by atoms with E-state index in [1.807, 2.05) is 48.5 Å². The second kappa shape index (κ2) is 8.02. The topological polar surface area (TPSA) is 38.3 Å². The third kappa shape index (κ3) is 5.79. The van der Waals surface area contributed by atoms with E-state index < -0.39 is 0 Å². The van der Waals surface area contributed by atoms with Gasteiger partial charge in [-0.05, 0) is 53.3 Å². The van der Waals surface area contributed by atoms with Crippen LogP contribution in [0, 0.1) is 5.41 Å². The largest absolute Gasteiger partial charge is 0.497 e. The van der Waals surface area contributed by atoms with Crippen LogP contribution in [0.1, 0.15) is 49.2 Å². The number of benzene rings is 2. The van der Waals surface area contributed by atoms with Gasteiger partial charge in [-0.25, -0.2) is 0 Å². The van der Waals surface area contributed by atoms with Crippen molar-refractivity contribution >= 4 is 11.5 Å². The molecule has 0 radical (unpaired) electrons. The Balaban J connectivity index is 2.01. The van der Waals surface area contributed by atoms with E-state index in [-0.39, 0.29) is 11.3 Å².